The Morgan fingerprint density at radius 1 is 0.639 bits per heavy atom. The number of benzene rings is 2. The van der Waals surface area contributed by atoms with Gasteiger partial charge < -0.3 is 39.8 Å². The molecule has 36 heavy (non-hydrogen) atoms. The molecule has 0 spiro atoms. The first kappa shape index (κ1) is 31.5. The Bertz CT molecular complexity index is 1030. The quantitative estimate of drug-likeness (QED) is 0.128. The number of amidine groups is 2. The molecule has 0 atom stereocenters. The van der Waals surface area contributed by atoms with Crippen LogP contribution in [0.2, 0.25) is 0 Å². The summed E-state index contributed by atoms with van der Waals surface area (Å²) >= 11 is 11.0. The molecule has 0 bridgehead atoms. The number of nitrogens with zero attached hydrogens (tertiary/aromatic N) is 6. The van der Waals surface area contributed by atoms with Crippen LogP contribution in [0.3, 0.4) is 0 Å². The zero-order chi connectivity index (χ0) is 25.6. The molecule has 10 heteroatoms. The van der Waals surface area contributed by atoms with Crippen molar-refractivity contribution in [2.75, 3.05) is 32.8 Å². The Labute approximate surface area is 237 Å². The number of ether oxygens (including phenoxy) is 1. The first-order chi connectivity index (χ1) is 17.0. The molecule has 0 saturated heterocycles. The van der Waals surface area contributed by atoms with Crippen LogP contribution >= 0.6 is 0 Å². The van der Waals surface area contributed by atoms with Crippen molar-refractivity contribution in [2.45, 2.75) is 34.6 Å². The van der Waals surface area contributed by atoms with Crippen LogP contribution in [0.1, 0.15) is 45.7 Å². The largest absolute Gasteiger partial charge is 2.00 e. The standard InChI is InChI=1S/C26H36N6OS2.Cu/c1-6-31(7-2)25(34)29-27-23(20-14-12-11-13-15-20)24(28-30-26(35)32(8-3)9-4)21-16-18-22(19-17-21)33-10-5;/h11-19H,6-10H2,1-5H3,(H,29,34)(H,30,35);/q;+2/p-2. The van der Waals surface area contributed by atoms with E-state index < -0.39 is 0 Å². The summed E-state index contributed by atoms with van der Waals surface area (Å²) in [6.45, 7) is 13.7. The van der Waals surface area contributed by atoms with Crippen molar-refractivity contribution in [1.29, 1.82) is 0 Å². The first-order valence-corrected chi connectivity index (χ1v) is 12.7. The van der Waals surface area contributed by atoms with Gasteiger partial charge in [-0.15, -0.1) is 10.2 Å². The molecule has 0 amide bonds. The Balaban J connectivity index is 0.00000648. The van der Waals surface area contributed by atoms with E-state index in [1.54, 1.807) is 0 Å². The summed E-state index contributed by atoms with van der Waals surface area (Å²) in [5.74, 6) is 0.775. The second-order valence-corrected chi connectivity index (χ2v) is 8.06. The topological polar surface area (TPSA) is 65.2 Å². The van der Waals surface area contributed by atoms with Gasteiger partial charge in [0.15, 0.2) is 0 Å². The van der Waals surface area contributed by atoms with Crippen LogP contribution in [0.5, 0.6) is 5.75 Å². The molecule has 0 N–H and O–H groups in total. The molecule has 7 nitrogen and oxygen atoms in total. The molecule has 0 saturated carbocycles. The van der Waals surface area contributed by atoms with Crippen LogP contribution in [-0.4, -0.2) is 64.3 Å². The maximum absolute atomic E-state index is 5.61. The van der Waals surface area contributed by atoms with Gasteiger partial charge in [0, 0.05) is 47.6 Å². The minimum absolute atomic E-state index is 0. The summed E-state index contributed by atoms with van der Waals surface area (Å²) < 4.78 is 5.61. The second kappa shape index (κ2) is 17.0. The molecule has 2 aromatic carbocycles. The first-order valence-electron chi connectivity index (χ1n) is 11.9. The monoisotopic (exact) mass is 573 g/mol. The number of hydrogen-bond acceptors (Lipinski definition) is 7. The van der Waals surface area contributed by atoms with Crippen LogP contribution in [0, 0.1) is 0 Å². The van der Waals surface area contributed by atoms with E-state index in [2.05, 4.69) is 20.4 Å². The van der Waals surface area contributed by atoms with E-state index in [1.165, 1.54) is 0 Å². The van der Waals surface area contributed by atoms with Gasteiger partial charge in [-0.05, 0) is 58.9 Å². The van der Waals surface area contributed by atoms with Gasteiger partial charge in [0.2, 0.25) is 0 Å². The summed E-state index contributed by atoms with van der Waals surface area (Å²) in [4.78, 5) is 3.93. The summed E-state index contributed by atoms with van der Waals surface area (Å²) in [5.41, 5.74) is 2.75. The van der Waals surface area contributed by atoms with Crippen molar-refractivity contribution >= 4 is 47.0 Å². The smallest absolute Gasteiger partial charge is 0.741 e. The third-order valence-electron chi connectivity index (χ3n) is 5.25. The van der Waals surface area contributed by atoms with Crippen molar-refractivity contribution < 1.29 is 21.8 Å². The zero-order valence-corrected chi connectivity index (χ0v) is 24.0. The fourth-order valence-electron chi connectivity index (χ4n) is 3.26. The number of rotatable bonds is 11. The summed E-state index contributed by atoms with van der Waals surface area (Å²) in [6.07, 6.45) is 0. The van der Waals surface area contributed by atoms with Crippen LogP contribution in [0.25, 0.3) is 0 Å². The average Bonchev–Trinajstić information content (AvgIpc) is 2.88. The Morgan fingerprint density at radius 2 is 1.06 bits per heavy atom. The van der Waals surface area contributed by atoms with E-state index >= 15 is 0 Å². The molecule has 0 aliphatic rings. The predicted octanol–water partition coefficient (Wildman–Crippen LogP) is 4.68. The minimum atomic E-state index is 0. The maximum Gasteiger partial charge on any atom is 2.00 e. The average molecular weight is 574 g/mol. The third-order valence-corrected chi connectivity index (χ3v) is 5.93. The molecule has 0 aliphatic carbocycles. The van der Waals surface area contributed by atoms with Crippen molar-refractivity contribution in [3.8, 4) is 5.75 Å². The van der Waals surface area contributed by atoms with Gasteiger partial charge >= 0.3 is 17.1 Å². The molecule has 0 fully saturated rings. The fourth-order valence-corrected chi connectivity index (χ4v) is 3.85. The van der Waals surface area contributed by atoms with Crippen LogP contribution in [-0.2, 0) is 42.3 Å². The van der Waals surface area contributed by atoms with E-state index in [0.29, 0.717) is 28.4 Å². The van der Waals surface area contributed by atoms with Gasteiger partial charge in [0.25, 0.3) is 0 Å². The fraction of sp³-hybridized carbons (Fsp3) is 0.385. The van der Waals surface area contributed by atoms with E-state index in [0.717, 1.165) is 43.1 Å². The van der Waals surface area contributed by atoms with Gasteiger partial charge in [-0.1, -0.05) is 30.3 Å². The van der Waals surface area contributed by atoms with Crippen molar-refractivity contribution in [3.63, 3.8) is 0 Å². The number of hydrogen-bond donors (Lipinski definition) is 0. The molecular formula is C26H34CuN6OS2. The molecule has 0 heterocycles. The van der Waals surface area contributed by atoms with Gasteiger partial charge in [-0.3, -0.25) is 0 Å². The third kappa shape index (κ3) is 9.17. The van der Waals surface area contributed by atoms with Crippen molar-refractivity contribution in [3.05, 3.63) is 65.7 Å². The summed E-state index contributed by atoms with van der Waals surface area (Å²) in [5, 5.41) is 18.8. The van der Waals surface area contributed by atoms with Gasteiger partial charge in [-0.25, -0.2) is 0 Å². The molecule has 0 aliphatic heterocycles. The molecule has 1 radical (unpaired) electrons. The Kier molecular flexibility index (Phi) is 14.9. The van der Waals surface area contributed by atoms with Crippen molar-refractivity contribution in [2.24, 2.45) is 20.4 Å². The Morgan fingerprint density at radius 3 is 1.44 bits per heavy atom. The van der Waals surface area contributed by atoms with Crippen LogP contribution in [0.4, 0.5) is 0 Å². The maximum atomic E-state index is 5.61. The molecule has 197 valence electrons. The molecule has 2 rings (SSSR count). The van der Waals surface area contributed by atoms with E-state index in [4.69, 9.17) is 30.0 Å². The normalized spacial score (nSPS) is 12.7. The predicted molar refractivity (Wildman–Crippen MR) is 153 cm³/mol. The molecule has 2 aromatic rings. The second-order valence-electron chi connectivity index (χ2n) is 7.33. The van der Waals surface area contributed by atoms with Crippen LogP contribution < -0.4 is 4.74 Å². The minimum Gasteiger partial charge on any atom is -0.741 e. The van der Waals surface area contributed by atoms with E-state index in [-0.39, 0.29) is 17.1 Å². The van der Waals surface area contributed by atoms with E-state index in [1.807, 2.05) is 99.0 Å². The van der Waals surface area contributed by atoms with Crippen LogP contribution in [0.15, 0.2) is 75.0 Å². The van der Waals surface area contributed by atoms with Gasteiger partial charge in [-0.2, -0.15) is 10.2 Å². The Hall–Kier alpha value is -2.52. The van der Waals surface area contributed by atoms with Gasteiger partial charge in [0.1, 0.15) is 17.2 Å². The summed E-state index contributed by atoms with van der Waals surface area (Å²) in [6, 6.07) is 17.4. The van der Waals surface area contributed by atoms with Crippen molar-refractivity contribution in [1.82, 2.24) is 9.80 Å². The van der Waals surface area contributed by atoms with Gasteiger partial charge in [0.05, 0.1) is 6.61 Å². The molecule has 0 unspecified atom stereocenters. The van der Waals surface area contributed by atoms with E-state index in [9.17, 15) is 0 Å². The SMILES string of the molecule is CCOc1ccc(C(=NN=C([S-])N(CC)CC)C(=NN=C([S-])N(CC)CC)c2ccccc2)cc1.[Cu+2]. The molecular weight excluding hydrogens is 540 g/mol. The summed E-state index contributed by atoms with van der Waals surface area (Å²) in [7, 11) is 0. The molecule has 0 aromatic heterocycles. The zero-order valence-electron chi connectivity index (χ0n) is 21.4.